The van der Waals surface area contributed by atoms with Gasteiger partial charge >= 0.3 is 5.97 Å². The van der Waals surface area contributed by atoms with Gasteiger partial charge in [0, 0.05) is 30.0 Å². The van der Waals surface area contributed by atoms with Gasteiger partial charge in [-0.25, -0.2) is 0 Å². The Labute approximate surface area is 159 Å². The SMILES string of the molecule is COc1ccccc1CC(=O)OCC(=O)Nc1ccc(N2CCCC2)cc1. The molecule has 0 spiro atoms. The van der Waals surface area contributed by atoms with Crippen molar-refractivity contribution in [3.05, 3.63) is 54.1 Å². The largest absolute Gasteiger partial charge is 0.496 e. The molecule has 0 atom stereocenters. The zero-order chi connectivity index (χ0) is 19.1. The average Bonchev–Trinajstić information content (AvgIpc) is 3.22. The van der Waals surface area contributed by atoms with E-state index in [1.807, 2.05) is 36.4 Å². The maximum atomic E-state index is 12.0. The van der Waals surface area contributed by atoms with Crippen LogP contribution < -0.4 is 15.0 Å². The van der Waals surface area contributed by atoms with Crippen molar-refractivity contribution in [2.75, 3.05) is 37.0 Å². The molecule has 6 nitrogen and oxygen atoms in total. The van der Waals surface area contributed by atoms with Gasteiger partial charge in [-0.1, -0.05) is 18.2 Å². The number of carbonyl (C=O) groups is 2. The van der Waals surface area contributed by atoms with E-state index >= 15 is 0 Å². The molecule has 2 aromatic rings. The fraction of sp³-hybridized carbons (Fsp3) is 0.333. The number of methoxy groups -OCH3 is 1. The summed E-state index contributed by atoms with van der Waals surface area (Å²) < 4.78 is 10.3. The highest BCUT2D eigenvalue weighted by atomic mass is 16.5. The van der Waals surface area contributed by atoms with Crippen LogP contribution >= 0.6 is 0 Å². The Hall–Kier alpha value is -3.02. The number of rotatable bonds is 7. The third kappa shape index (κ3) is 5.23. The van der Waals surface area contributed by atoms with Crippen molar-refractivity contribution in [1.82, 2.24) is 0 Å². The van der Waals surface area contributed by atoms with Crippen LogP contribution in [-0.2, 0) is 20.7 Å². The maximum Gasteiger partial charge on any atom is 0.310 e. The van der Waals surface area contributed by atoms with Gasteiger partial charge in [-0.05, 0) is 43.2 Å². The zero-order valence-corrected chi connectivity index (χ0v) is 15.4. The predicted octanol–water partition coefficient (Wildman–Crippen LogP) is 3.02. The molecule has 0 aliphatic carbocycles. The summed E-state index contributed by atoms with van der Waals surface area (Å²) >= 11 is 0. The lowest BCUT2D eigenvalue weighted by Gasteiger charge is -2.17. The van der Waals surface area contributed by atoms with Gasteiger partial charge < -0.3 is 19.7 Å². The lowest BCUT2D eigenvalue weighted by molar-refractivity contribution is -0.146. The fourth-order valence-corrected chi connectivity index (χ4v) is 3.13. The van der Waals surface area contributed by atoms with Crippen LogP contribution in [0.25, 0.3) is 0 Å². The van der Waals surface area contributed by atoms with Gasteiger partial charge in [0.15, 0.2) is 6.61 Å². The van der Waals surface area contributed by atoms with E-state index in [9.17, 15) is 9.59 Å². The first-order valence-corrected chi connectivity index (χ1v) is 9.08. The molecule has 0 saturated carbocycles. The number of para-hydroxylation sites is 1. The van der Waals surface area contributed by atoms with Crippen LogP contribution in [0.5, 0.6) is 5.75 Å². The lowest BCUT2D eigenvalue weighted by Crippen LogP contribution is -2.22. The number of hydrogen-bond donors (Lipinski definition) is 1. The third-order valence-corrected chi connectivity index (χ3v) is 4.51. The molecule has 1 saturated heterocycles. The lowest BCUT2D eigenvalue weighted by atomic mass is 10.1. The van der Waals surface area contributed by atoms with E-state index in [1.165, 1.54) is 12.8 Å². The minimum Gasteiger partial charge on any atom is -0.496 e. The van der Waals surface area contributed by atoms with Gasteiger partial charge in [0.1, 0.15) is 5.75 Å². The fourth-order valence-electron chi connectivity index (χ4n) is 3.13. The van der Waals surface area contributed by atoms with E-state index in [0.717, 1.165) is 24.3 Å². The number of nitrogens with zero attached hydrogens (tertiary/aromatic N) is 1. The average molecular weight is 368 g/mol. The highest BCUT2D eigenvalue weighted by Crippen LogP contribution is 2.22. The number of esters is 1. The van der Waals surface area contributed by atoms with Crippen LogP contribution in [-0.4, -0.2) is 38.7 Å². The molecule has 1 amide bonds. The van der Waals surface area contributed by atoms with Crippen LogP contribution in [0.2, 0.25) is 0 Å². The van der Waals surface area contributed by atoms with E-state index < -0.39 is 5.97 Å². The van der Waals surface area contributed by atoms with Crippen molar-refractivity contribution in [3.63, 3.8) is 0 Å². The minimum atomic E-state index is -0.473. The molecular formula is C21H24N2O4. The molecule has 2 aromatic carbocycles. The molecular weight excluding hydrogens is 344 g/mol. The monoisotopic (exact) mass is 368 g/mol. The van der Waals surface area contributed by atoms with Crippen LogP contribution in [0.3, 0.4) is 0 Å². The van der Waals surface area contributed by atoms with E-state index in [4.69, 9.17) is 9.47 Å². The van der Waals surface area contributed by atoms with Crippen molar-refractivity contribution in [3.8, 4) is 5.75 Å². The Morgan fingerprint density at radius 1 is 1.04 bits per heavy atom. The third-order valence-electron chi connectivity index (χ3n) is 4.51. The zero-order valence-electron chi connectivity index (χ0n) is 15.4. The first kappa shape index (κ1) is 18.8. The number of benzene rings is 2. The number of anilines is 2. The number of nitrogens with one attached hydrogen (secondary N) is 1. The van der Waals surface area contributed by atoms with E-state index in [1.54, 1.807) is 19.2 Å². The summed E-state index contributed by atoms with van der Waals surface area (Å²) in [6, 6.07) is 14.9. The molecule has 0 bridgehead atoms. The van der Waals surface area contributed by atoms with E-state index in [0.29, 0.717) is 11.4 Å². The molecule has 1 N–H and O–H groups in total. The van der Waals surface area contributed by atoms with Crippen molar-refractivity contribution in [1.29, 1.82) is 0 Å². The Morgan fingerprint density at radius 3 is 2.44 bits per heavy atom. The second-order valence-corrected chi connectivity index (χ2v) is 6.44. The number of hydrogen-bond acceptors (Lipinski definition) is 5. The van der Waals surface area contributed by atoms with Crippen molar-refractivity contribution >= 4 is 23.3 Å². The van der Waals surface area contributed by atoms with Gasteiger partial charge in [-0.3, -0.25) is 9.59 Å². The number of ether oxygens (including phenoxy) is 2. The first-order valence-electron chi connectivity index (χ1n) is 9.08. The number of amides is 1. The molecule has 27 heavy (non-hydrogen) atoms. The molecule has 1 heterocycles. The molecule has 6 heteroatoms. The van der Waals surface area contributed by atoms with Gasteiger partial charge in [0.2, 0.25) is 0 Å². The summed E-state index contributed by atoms with van der Waals surface area (Å²) in [5.74, 6) is -0.215. The van der Waals surface area contributed by atoms with Crippen LogP contribution in [0.1, 0.15) is 18.4 Å². The smallest absolute Gasteiger partial charge is 0.310 e. The summed E-state index contributed by atoms with van der Waals surface area (Å²) in [5, 5.41) is 2.74. The van der Waals surface area contributed by atoms with Gasteiger partial charge in [-0.15, -0.1) is 0 Å². The molecule has 0 radical (unpaired) electrons. The Balaban J connectivity index is 1.45. The normalized spacial score (nSPS) is 13.3. The second kappa shape index (κ2) is 9.07. The molecule has 1 aliphatic rings. The van der Waals surface area contributed by atoms with Gasteiger partial charge in [-0.2, -0.15) is 0 Å². The summed E-state index contributed by atoms with van der Waals surface area (Å²) in [6.45, 7) is 1.84. The standard InChI is InChI=1S/C21H24N2O4/c1-26-19-7-3-2-6-16(19)14-21(25)27-15-20(24)22-17-8-10-18(11-9-17)23-12-4-5-13-23/h2-3,6-11H,4-5,12-15H2,1H3,(H,22,24). The quantitative estimate of drug-likeness (QED) is 0.761. The second-order valence-electron chi connectivity index (χ2n) is 6.44. The topological polar surface area (TPSA) is 67.9 Å². The van der Waals surface area contributed by atoms with E-state index in [-0.39, 0.29) is 18.9 Å². The maximum absolute atomic E-state index is 12.0. The van der Waals surface area contributed by atoms with Gasteiger partial charge in [0.05, 0.1) is 13.5 Å². The summed E-state index contributed by atoms with van der Waals surface area (Å²) in [7, 11) is 1.55. The van der Waals surface area contributed by atoms with Crippen molar-refractivity contribution in [2.45, 2.75) is 19.3 Å². The van der Waals surface area contributed by atoms with E-state index in [2.05, 4.69) is 10.2 Å². The highest BCUT2D eigenvalue weighted by molar-refractivity contribution is 5.93. The molecule has 1 aliphatic heterocycles. The Morgan fingerprint density at radius 2 is 1.74 bits per heavy atom. The van der Waals surface area contributed by atoms with Crippen molar-refractivity contribution < 1.29 is 19.1 Å². The minimum absolute atomic E-state index is 0.0574. The van der Waals surface area contributed by atoms with Crippen LogP contribution in [0, 0.1) is 0 Å². The summed E-state index contributed by atoms with van der Waals surface area (Å²) in [4.78, 5) is 26.3. The Kier molecular flexibility index (Phi) is 6.30. The molecule has 3 rings (SSSR count). The van der Waals surface area contributed by atoms with Crippen LogP contribution in [0.4, 0.5) is 11.4 Å². The van der Waals surface area contributed by atoms with Crippen molar-refractivity contribution in [2.24, 2.45) is 0 Å². The van der Waals surface area contributed by atoms with Gasteiger partial charge in [0.25, 0.3) is 5.91 Å². The summed E-state index contributed by atoms with van der Waals surface area (Å²) in [6.07, 6.45) is 2.50. The molecule has 1 fully saturated rings. The summed E-state index contributed by atoms with van der Waals surface area (Å²) in [5.41, 5.74) is 2.57. The van der Waals surface area contributed by atoms with Crippen LogP contribution in [0.15, 0.2) is 48.5 Å². The molecule has 0 aromatic heterocycles. The molecule has 142 valence electrons. The Bertz CT molecular complexity index is 783. The number of carbonyl (C=O) groups excluding carboxylic acids is 2. The molecule has 0 unspecified atom stereocenters. The predicted molar refractivity (Wildman–Crippen MR) is 104 cm³/mol. The first-order chi connectivity index (χ1) is 13.2. The highest BCUT2D eigenvalue weighted by Gasteiger charge is 2.13.